The van der Waals surface area contributed by atoms with Crippen LogP contribution >= 0.6 is 0 Å². The Labute approximate surface area is 152 Å². The first-order valence-corrected chi connectivity index (χ1v) is 9.90. The maximum Gasteiger partial charge on any atom is 0.239 e. The van der Waals surface area contributed by atoms with Crippen molar-refractivity contribution >= 4 is 5.91 Å². The molecule has 0 bridgehead atoms. The van der Waals surface area contributed by atoms with Crippen LogP contribution in [0.2, 0.25) is 0 Å². The summed E-state index contributed by atoms with van der Waals surface area (Å²) in [4.78, 5) is 17.3. The van der Waals surface area contributed by atoms with E-state index in [-0.39, 0.29) is 6.04 Å². The molecule has 0 spiro atoms. The standard InChI is InChI=1S/C21H33N3O/c1-17(21(25)23(2)20-8-12-22-13-9-20)24-14-10-19(11-15-24)16-18-6-4-3-5-7-18/h3-7,17,19-20,22H,8-16H2,1-2H3. The van der Waals surface area contributed by atoms with Gasteiger partial charge in [0.05, 0.1) is 6.04 Å². The molecule has 2 heterocycles. The van der Waals surface area contributed by atoms with Crippen molar-refractivity contribution in [3.8, 4) is 0 Å². The van der Waals surface area contributed by atoms with Crippen LogP contribution in [0, 0.1) is 5.92 Å². The molecule has 2 aliphatic heterocycles. The van der Waals surface area contributed by atoms with E-state index in [1.165, 1.54) is 24.8 Å². The highest BCUT2D eigenvalue weighted by Crippen LogP contribution is 2.24. The topological polar surface area (TPSA) is 35.6 Å². The molecule has 4 nitrogen and oxygen atoms in total. The first-order chi connectivity index (χ1) is 12.1. The molecule has 0 saturated carbocycles. The number of carbonyl (C=O) groups excluding carboxylic acids is 1. The molecule has 1 N–H and O–H groups in total. The number of hydrogen-bond donors (Lipinski definition) is 1. The molecule has 25 heavy (non-hydrogen) atoms. The van der Waals surface area contributed by atoms with E-state index in [1.807, 2.05) is 11.9 Å². The normalized spacial score (nSPS) is 21.8. The number of hydrogen-bond acceptors (Lipinski definition) is 3. The minimum atomic E-state index is 0.0116. The van der Waals surface area contributed by atoms with Gasteiger partial charge in [0.2, 0.25) is 5.91 Å². The smallest absolute Gasteiger partial charge is 0.239 e. The van der Waals surface area contributed by atoms with Crippen molar-refractivity contribution in [1.82, 2.24) is 15.1 Å². The Morgan fingerprint density at radius 1 is 1.16 bits per heavy atom. The molecule has 138 valence electrons. The summed E-state index contributed by atoms with van der Waals surface area (Å²) in [6.45, 7) is 6.25. The van der Waals surface area contributed by atoms with Crippen LogP contribution < -0.4 is 5.32 Å². The lowest BCUT2D eigenvalue weighted by molar-refractivity contribution is -0.138. The van der Waals surface area contributed by atoms with Crippen molar-refractivity contribution in [3.05, 3.63) is 35.9 Å². The van der Waals surface area contributed by atoms with Crippen LogP contribution in [-0.2, 0) is 11.2 Å². The van der Waals surface area contributed by atoms with Crippen molar-refractivity contribution in [2.24, 2.45) is 5.92 Å². The number of amides is 1. The van der Waals surface area contributed by atoms with Gasteiger partial charge in [0, 0.05) is 13.1 Å². The molecule has 0 radical (unpaired) electrons. The number of benzene rings is 1. The van der Waals surface area contributed by atoms with E-state index >= 15 is 0 Å². The van der Waals surface area contributed by atoms with Crippen molar-refractivity contribution in [1.29, 1.82) is 0 Å². The Balaban J connectivity index is 1.47. The average Bonchev–Trinajstić information content (AvgIpc) is 2.68. The number of rotatable bonds is 5. The van der Waals surface area contributed by atoms with E-state index in [9.17, 15) is 4.79 Å². The highest BCUT2D eigenvalue weighted by Gasteiger charge is 2.31. The highest BCUT2D eigenvalue weighted by atomic mass is 16.2. The van der Waals surface area contributed by atoms with Crippen LogP contribution in [-0.4, -0.2) is 61.0 Å². The van der Waals surface area contributed by atoms with Gasteiger partial charge in [-0.15, -0.1) is 0 Å². The molecule has 0 aliphatic carbocycles. The zero-order valence-electron chi connectivity index (χ0n) is 15.8. The molecule has 1 aromatic rings. The molecule has 3 rings (SSSR count). The maximum atomic E-state index is 12.9. The van der Waals surface area contributed by atoms with E-state index < -0.39 is 0 Å². The molecule has 2 saturated heterocycles. The molecule has 1 unspecified atom stereocenters. The highest BCUT2D eigenvalue weighted by molar-refractivity contribution is 5.81. The number of carbonyl (C=O) groups is 1. The second-order valence-electron chi connectivity index (χ2n) is 7.78. The van der Waals surface area contributed by atoms with Gasteiger partial charge < -0.3 is 10.2 Å². The summed E-state index contributed by atoms with van der Waals surface area (Å²) in [5.41, 5.74) is 1.44. The van der Waals surface area contributed by atoms with Crippen molar-refractivity contribution in [2.45, 2.75) is 51.1 Å². The Morgan fingerprint density at radius 3 is 2.44 bits per heavy atom. The van der Waals surface area contributed by atoms with Gasteiger partial charge in [0.15, 0.2) is 0 Å². The lowest BCUT2D eigenvalue weighted by atomic mass is 9.89. The molecular weight excluding hydrogens is 310 g/mol. The number of likely N-dealkylation sites (tertiary alicyclic amines) is 1. The quantitative estimate of drug-likeness (QED) is 0.892. The zero-order chi connectivity index (χ0) is 17.6. The summed E-state index contributed by atoms with van der Waals surface area (Å²) < 4.78 is 0. The second-order valence-corrected chi connectivity index (χ2v) is 7.78. The minimum absolute atomic E-state index is 0.0116. The fourth-order valence-corrected chi connectivity index (χ4v) is 4.32. The Kier molecular flexibility index (Phi) is 6.49. The largest absolute Gasteiger partial charge is 0.341 e. The molecule has 0 aromatic heterocycles. The predicted molar refractivity (Wildman–Crippen MR) is 103 cm³/mol. The van der Waals surface area contributed by atoms with E-state index in [4.69, 9.17) is 0 Å². The van der Waals surface area contributed by atoms with Gasteiger partial charge >= 0.3 is 0 Å². The zero-order valence-corrected chi connectivity index (χ0v) is 15.8. The summed E-state index contributed by atoms with van der Waals surface area (Å²) in [6.07, 6.45) is 5.72. The minimum Gasteiger partial charge on any atom is -0.341 e. The summed E-state index contributed by atoms with van der Waals surface area (Å²) in [5, 5.41) is 3.38. The van der Waals surface area contributed by atoms with Crippen molar-refractivity contribution < 1.29 is 4.79 Å². The number of nitrogens with zero attached hydrogens (tertiary/aromatic N) is 2. The van der Waals surface area contributed by atoms with Crippen LogP contribution in [0.3, 0.4) is 0 Å². The van der Waals surface area contributed by atoms with Crippen LogP contribution in [0.1, 0.15) is 38.2 Å². The van der Waals surface area contributed by atoms with Gasteiger partial charge in [-0.3, -0.25) is 9.69 Å². The predicted octanol–water partition coefficient (Wildman–Crippen LogP) is 2.54. The monoisotopic (exact) mass is 343 g/mol. The fraction of sp³-hybridized carbons (Fsp3) is 0.667. The van der Waals surface area contributed by atoms with E-state index in [0.717, 1.165) is 44.9 Å². The third-order valence-electron chi connectivity index (χ3n) is 6.13. The molecular formula is C21H33N3O. The summed E-state index contributed by atoms with van der Waals surface area (Å²) in [7, 11) is 2.00. The summed E-state index contributed by atoms with van der Waals surface area (Å²) in [6, 6.07) is 11.2. The van der Waals surface area contributed by atoms with Crippen LogP contribution in [0.4, 0.5) is 0 Å². The van der Waals surface area contributed by atoms with E-state index in [0.29, 0.717) is 11.9 Å². The number of piperidine rings is 2. The Hall–Kier alpha value is -1.39. The van der Waals surface area contributed by atoms with Gasteiger partial charge in [0.1, 0.15) is 0 Å². The average molecular weight is 344 g/mol. The molecule has 2 fully saturated rings. The van der Waals surface area contributed by atoms with Crippen LogP contribution in [0.5, 0.6) is 0 Å². The third-order valence-corrected chi connectivity index (χ3v) is 6.13. The molecule has 1 atom stereocenters. The van der Waals surface area contributed by atoms with Gasteiger partial charge in [-0.05, 0) is 76.7 Å². The van der Waals surface area contributed by atoms with Gasteiger partial charge in [-0.25, -0.2) is 0 Å². The lowest BCUT2D eigenvalue weighted by Gasteiger charge is -2.39. The number of nitrogens with one attached hydrogen (secondary N) is 1. The van der Waals surface area contributed by atoms with Gasteiger partial charge in [-0.2, -0.15) is 0 Å². The first kappa shape index (κ1) is 18.4. The van der Waals surface area contributed by atoms with Crippen LogP contribution in [0.15, 0.2) is 30.3 Å². The van der Waals surface area contributed by atoms with Crippen molar-refractivity contribution in [2.75, 3.05) is 33.2 Å². The van der Waals surface area contributed by atoms with E-state index in [1.54, 1.807) is 0 Å². The lowest BCUT2D eigenvalue weighted by Crippen LogP contribution is -2.52. The second kappa shape index (κ2) is 8.81. The maximum absolute atomic E-state index is 12.9. The molecule has 1 amide bonds. The third kappa shape index (κ3) is 4.83. The first-order valence-electron chi connectivity index (χ1n) is 9.90. The summed E-state index contributed by atoms with van der Waals surface area (Å²) >= 11 is 0. The van der Waals surface area contributed by atoms with Crippen LogP contribution in [0.25, 0.3) is 0 Å². The number of likely N-dealkylation sites (N-methyl/N-ethyl adjacent to an activating group) is 1. The van der Waals surface area contributed by atoms with E-state index in [2.05, 4.69) is 47.5 Å². The van der Waals surface area contributed by atoms with Crippen molar-refractivity contribution in [3.63, 3.8) is 0 Å². The Morgan fingerprint density at radius 2 is 1.80 bits per heavy atom. The molecule has 1 aromatic carbocycles. The SMILES string of the molecule is CC(C(=O)N(C)C1CCNCC1)N1CCC(Cc2ccccc2)CC1. The Bertz CT molecular complexity index is 533. The summed E-state index contributed by atoms with van der Waals surface area (Å²) in [5.74, 6) is 1.05. The fourth-order valence-electron chi connectivity index (χ4n) is 4.32. The van der Waals surface area contributed by atoms with Gasteiger partial charge in [0.25, 0.3) is 0 Å². The molecule has 4 heteroatoms. The van der Waals surface area contributed by atoms with Gasteiger partial charge in [-0.1, -0.05) is 30.3 Å². The molecule has 2 aliphatic rings.